The van der Waals surface area contributed by atoms with Gasteiger partial charge in [-0.2, -0.15) is 5.26 Å². The fourth-order valence-corrected chi connectivity index (χ4v) is 1.76. The van der Waals surface area contributed by atoms with E-state index < -0.39 is 5.91 Å². The molecule has 0 bridgehead atoms. The van der Waals surface area contributed by atoms with Gasteiger partial charge in [-0.15, -0.1) is 0 Å². The van der Waals surface area contributed by atoms with Crippen LogP contribution in [-0.4, -0.2) is 10.9 Å². The molecule has 0 radical (unpaired) electrons. The van der Waals surface area contributed by atoms with E-state index in [1.165, 1.54) is 6.20 Å². The molecule has 1 heterocycles. The van der Waals surface area contributed by atoms with Crippen molar-refractivity contribution in [2.45, 2.75) is 13.5 Å². The van der Waals surface area contributed by atoms with E-state index in [0.29, 0.717) is 12.2 Å². The Balaban J connectivity index is 1.95. The third-order valence-electron chi connectivity index (χ3n) is 2.98. The van der Waals surface area contributed by atoms with Crippen LogP contribution in [0.3, 0.4) is 0 Å². The summed E-state index contributed by atoms with van der Waals surface area (Å²) < 4.78 is 0. The Hall–Kier alpha value is -3.13. The van der Waals surface area contributed by atoms with E-state index in [1.54, 1.807) is 24.5 Å². The molecular formula is C17H16N4O. The van der Waals surface area contributed by atoms with Crippen LogP contribution in [0.2, 0.25) is 0 Å². The van der Waals surface area contributed by atoms with E-state index >= 15 is 0 Å². The smallest absolute Gasteiger partial charge is 0.267 e. The molecule has 0 aliphatic rings. The summed E-state index contributed by atoms with van der Waals surface area (Å²) in [4.78, 5) is 15.9. The summed E-state index contributed by atoms with van der Waals surface area (Å²) in [5.74, 6) is -0.436. The summed E-state index contributed by atoms with van der Waals surface area (Å²) in [6, 6.07) is 13.0. The lowest BCUT2D eigenvalue weighted by Crippen LogP contribution is -2.16. The van der Waals surface area contributed by atoms with E-state index in [4.69, 9.17) is 5.26 Å². The minimum atomic E-state index is -0.436. The molecule has 2 aromatic rings. The van der Waals surface area contributed by atoms with Gasteiger partial charge in [0.05, 0.1) is 0 Å². The Labute approximate surface area is 129 Å². The predicted octanol–water partition coefficient (Wildman–Crippen LogP) is 2.53. The fraction of sp³-hybridized carbons (Fsp3) is 0.118. The van der Waals surface area contributed by atoms with Crippen molar-refractivity contribution in [3.63, 3.8) is 0 Å². The van der Waals surface area contributed by atoms with Gasteiger partial charge in [0, 0.05) is 30.8 Å². The number of pyridine rings is 1. The fourth-order valence-electron chi connectivity index (χ4n) is 1.76. The number of nitrogens with one attached hydrogen (secondary N) is 2. The summed E-state index contributed by atoms with van der Waals surface area (Å²) in [5, 5.41) is 14.7. The number of carbonyl (C=O) groups is 1. The monoisotopic (exact) mass is 292 g/mol. The van der Waals surface area contributed by atoms with Gasteiger partial charge in [-0.1, -0.05) is 17.7 Å². The molecule has 0 atom stereocenters. The van der Waals surface area contributed by atoms with Gasteiger partial charge in [0.2, 0.25) is 0 Å². The summed E-state index contributed by atoms with van der Waals surface area (Å²) in [6.45, 7) is 2.49. The van der Waals surface area contributed by atoms with Crippen LogP contribution >= 0.6 is 0 Å². The Morgan fingerprint density at radius 3 is 2.55 bits per heavy atom. The molecule has 1 amide bonds. The van der Waals surface area contributed by atoms with Gasteiger partial charge in [-0.05, 0) is 36.8 Å². The highest BCUT2D eigenvalue weighted by molar-refractivity contribution is 6.06. The topological polar surface area (TPSA) is 77.8 Å². The first kappa shape index (κ1) is 15.3. The third kappa shape index (κ3) is 4.46. The maximum Gasteiger partial charge on any atom is 0.267 e. The number of aromatic nitrogens is 1. The zero-order valence-electron chi connectivity index (χ0n) is 12.2. The highest BCUT2D eigenvalue weighted by Gasteiger charge is 2.08. The van der Waals surface area contributed by atoms with Crippen LogP contribution in [0.5, 0.6) is 0 Å². The first-order chi connectivity index (χ1) is 10.7. The Bertz CT molecular complexity index is 700. The highest BCUT2D eigenvalue weighted by Crippen LogP contribution is 2.09. The van der Waals surface area contributed by atoms with Crippen LogP contribution < -0.4 is 10.6 Å². The second kappa shape index (κ2) is 7.60. The molecule has 5 heteroatoms. The van der Waals surface area contributed by atoms with Crippen molar-refractivity contribution >= 4 is 11.6 Å². The van der Waals surface area contributed by atoms with Gasteiger partial charge in [-0.25, -0.2) is 0 Å². The molecule has 0 spiro atoms. The number of nitrogens with zero attached hydrogens (tertiary/aromatic N) is 2. The summed E-state index contributed by atoms with van der Waals surface area (Å²) in [5.41, 5.74) is 2.80. The van der Waals surface area contributed by atoms with E-state index in [9.17, 15) is 4.79 Å². The van der Waals surface area contributed by atoms with Gasteiger partial charge in [0.15, 0.2) is 0 Å². The first-order valence-electron chi connectivity index (χ1n) is 6.79. The van der Waals surface area contributed by atoms with Crippen molar-refractivity contribution in [3.05, 3.63) is 71.7 Å². The molecule has 0 aliphatic heterocycles. The quantitative estimate of drug-likeness (QED) is 0.655. The van der Waals surface area contributed by atoms with E-state index in [1.807, 2.05) is 37.3 Å². The molecule has 1 aromatic heterocycles. The molecule has 2 N–H and O–H groups in total. The van der Waals surface area contributed by atoms with Gasteiger partial charge in [0.25, 0.3) is 5.91 Å². The maximum atomic E-state index is 12.0. The minimum Gasteiger partial charge on any atom is -0.386 e. The standard InChI is InChI=1S/C17H16N4O/c1-13-2-4-16(5-3-13)21-17(22)15(10-18)12-20-11-14-6-8-19-9-7-14/h2-9,12,20H,11H2,1H3,(H,21,22)/b15-12-. The van der Waals surface area contributed by atoms with Crippen LogP contribution in [0, 0.1) is 18.3 Å². The summed E-state index contributed by atoms with van der Waals surface area (Å²) in [6.07, 6.45) is 4.80. The Morgan fingerprint density at radius 1 is 1.23 bits per heavy atom. The molecular weight excluding hydrogens is 276 g/mol. The average molecular weight is 292 g/mol. The van der Waals surface area contributed by atoms with Crippen molar-refractivity contribution in [1.29, 1.82) is 5.26 Å². The molecule has 2 rings (SSSR count). The second-order valence-electron chi connectivity index (χ2n) is 4.73. The lowest BCUT2D eigenvalue weighted by molar-refractivity contribution is -0.112. The van der Waals surface area contributed by atoms with Crippen LogP contribution in [0.4, 0.5) is 5.69 Å². The largest absolute Gasteiger partial charge is 0.386 e. The number of aryl methyl sites for hydroxylation is 1. The van der Waals surface area contributed by atoms with Gasteiger partial charge >= 0.3 is 0 Å². The zero-order valence-corrected chi connectivity index (χ0v) is 12.2. The number of benzene rings is 1. The van der Waals surface area contributed by atoms with Gasteiger partial charge < -0.3 is 10.6 Å². The number of nitriles is 1. The number of rotatable bonds is 5. The van der Waals surface area contributed by atoms with Crippen molar-refractivity contribution in [2.24, 2.45) is 0 Å². The number of hydrogen-bond acceptors (Lipinski definition) is 4. The maximum absolute atomic E-state index is 12.0. The number of carbonyl (C=O) groups excluding carboxylic acids is 1. The van der Waals surface area contributed by atoms with Crippen LogP contribution in [0.1, 0.15) is 11.1 Å². The number of amides is 1. The summed E-state index contributed by atoms with van der Waals surface area (Å²) in [7, 11) is 0. The molecule has 0 saturated heterocycles. The van der Waals surface area contributed by atoms with Crippen molar-refractivity contribution < 1.29 is 4.79 Å². The Morgan fingerprint density at radius 2 is 1.91 bits per heavy atom. The first-order valence-corrected chi connectivity index (χ1v) is 6.79. The Kier molecular flexibility index (Phi) is 5.27. The van der Waals surface area contributed by atoms with Gasteiger partial charge in [0.1, 0.15) is 11.6 Å². The van der Waals surface area contributed by atoms with Crippen LogP contribution in [0.15, 0.2) is 60.6 Å². The molecule has 5 nitrogen and oxygen atoms in total. The lowest BCUT2D eigenvalue weighted by Gasteiger charge is -2.05. The second-order valence-corrected chi connectivity index (χ2v) is 4.73. The van der Waals surface area contributed by atoms with Crippen LogP contribution in [0.25, 0.3) is 0 Å². The van der Waals surface area contributed by atoms with E-state index in [0.717, 1.165) is 11.1 Å². The normalized spacial score (nSPS) is 10.6. The predicted molar refractivity (Wildman–Crippen MR) is 84.6 cm³/mol. The minimum absolute atomic E-state index is 0.0228. The van der Waals surface area contributed by atoms with E-state index in [-0.39, 0.29) is 5.57 Å². The average Bonchev–Trinajstić information content (AvgIpc) is 2.54. The third-order valence-corrected chi connectivity index (χ3v) is 2.98. The van der Waals surface area contributed by atoms with E-state index in [2.05, 4.69) is 15.6 Å². The number of hydrogen-bond donors (Lipinski definition) is 2. The van der Waals surface area contributed by atoms with Gasteiger partial charge in [-0.3, -0.25) is 9.78 Å². The van der Waals surface area contributed by atoms with Crippen molar-refractivity contribution in [1.82, 2.24) is 10.3 Å². The van der Waals surface area contributed by atoms with Crippen LogP contribution in [-0.2, 0) is 11.3 Å². The molecule has 0 unspecified atom stereocenters. The molecule has 110 valence electrons. The molecule has 0 saturated carbocycles. The highest BCUT2D eigenvalue weighted by atomic mass is 16.1. The SMILES string of the molecule is Cc1ccc(NC(=O)/C(C#N)=C\NCc2ccncc2)cc1. The molecule has 1 aromatic carbocycles. The molecule has 0 aliphatic carbocycles. The van der Waals surface area contributed by atoms with Crippen molar-refractivity contribution in [3.8, 4) is 6.07 Å². The zero-order chi connectivity index (χ0) is 15.8. The lowest BCUT2D eigenvalue weighted by atomic mass is 10.2. The van der Waals surface area contributed by atoms with Crippen molar-refractivity contribution in [2.75, 3.05) is 5.32 Å². The molecule has 22 heavy (non-hydrogen) atoms. The number of anilines is 1. The summed E-state index contributed by atoms with van der Waals surface area (Å²) >= 11 is 0. The molecule has 0 fully saturated rings.